The molecule has 1 amide bonds. The summed E-state index contributed by atoms with van der Waals surface area (Å²) in [5.41, 5.74) is 5.89. The summed E-state index contributed by atoms with van der Waals surface area (Å²) in [6.45, 7) is 6.47. The Kier molecular flexibility index (Phi) is 5.50. The van der Waals surface area contributed by atoms with Crippen LogP contribution in [-0.2, 0) is 16.0 Å². The van der Waals surface area contributed by atoms with Crippen molar-refractivity contribution in [2.75, 3.05) is 6.54 Å². The second-order valence-corrected chi connectivity index (χ2v) is 9.50. The molecule has 1 saturated carbocycles. The number of fused-ring (bicyclic) bond motifs is 2. The van der Waals surface area contributed by atoms with Gasteiger partial charge in [0, 0.05) is 34.3 Å². The zero-order valence-electron chi connectivity index (χ0n) is 20.7. The Morgan fingerprint density at radius 2 is 1.97 bits per heavy atom. The monoisotopic (exact) mass is 481 g/mol. The van der Waals surface area contributed by atoms with Gasteiger partial charge in [-0.15, -0.1) is 0 Å². The predicted octanol–water partition coefficient (Wildman–Crippen LogP) is 4.87. The number of carbonyl (C=O) groups is 1. The number of aromatic amines is 1. The van der Waals surface area contributed by atoms with E-state index in [2.05, 4.69) is 20.7 Å². The summed E-state index contributed by atoms with van der Waals surface area (Å²) < 4.78 is 16.8. The summed E-state index contributed by atoms with van der Waals surface area (Å²) in [4.78, 5) is 23.4. The molecule has 0 spiro atoms. The molecule has 7 heteroatoms. The summed E-state index contributed by atoms with van der Waals surface area (Å²) in [6.07, 6.45) is 12.6. The number of ether oxygens (including phenoxy) is 1. The van der Waals surface area contributed by atoms with Crippen LogP contribution in [0.1, 0.15) is 68.3 Å². The SMILES string of the molecule is C\C=C(C)/C=C\C(=C/C)C1=[N+]=C(C(=O)N2CCc3[nH]cnc3C2c2oc3ccccc3c2C2CC2)O1. The van der Waals surface area contributed by atoms with E-state index in [1.807, 2.05) is 63.3 Å². The van der Waals surface area contributed by atoms with Crippen molar-refractivity contribution >= 4 is 28.7 Å². The molecule has 1 atom stereocenters. The highest BCUT2D eigenvalue weighted by atomic mass is 16.5. The number of carbonyl (C=O) groups excluding carboxylic acids is 1. The van der Waals surface area contributed by atoms with Gasteiger partial charge in [0.05, 0.1) is 12.0 Å². The lowest BCUT2D eigenvalue weighted by Crippen LogP contribution is -2.48. The standard InChI is InChI=1S/C29H28N4O3/c1-4-17(3)10-11-18(5-2)27-32-28(36-27)29(34)33-15-14-21-24(31-16-30-21)25(33)26-23(19-12-13-19)20-8-6-7-9-22(20)35-26/h4-11,16,19,25H,12-15H2,1-3H3/p+1/b11-10-,17-4-,18-5+. The van der Waals surface area contributed by atoms with Gasteiger partial charge in [0.15, 0.2) is 0 Å². The number of hydrogen-bond acceptors (Lipinski definition) is 4. The fourth-order valence-electron chi connectivity index (χ4n) is 4.98. The summed E-state index contributed by atoms with van der Waals surface area (Å²) in [5, 5.41) is 1.12. The largest absolute Gasteiger partial charge is 0.568 e. The topological polar surface area (TPSA) is 85.5 Å². The second kappa shape index (κ2) is 8.85. The molecule has 0 saturated heterocycles. The summed E-state index contributed by atoms with van der Waals surface area (Å²) in [5.74, 6) is 1.57. The Labute approximate surface area is 209 Å². The Morgan fingerprint density at radius 1 is 1.17 bits per heavy atom. The Morgan fingerprint density at radius 3 is 2.72 bits per heavy atom. The smallest absolute Gasteiger partial charge is 0.458 e. The maximum Gasteiger partial charge on any atom is 0.568 e. The van der Waals surface area contributed by atoms with E-state index >= 15 is 0 Å². The van der Waals surface area contributed by atoms with E-state index in [1.165, 1.54) is 5.56 Å². The van der Waals surface area contributed by atoms with Crippen LogP contribution in [0, 0.1) is 0 Å². The van der Waals surface area contributed by atoms with Crippen LogP contribution in [0.3, 0.4) is 0 Å². The van der Waals surface area contributed by atoms with Gasteiger partial charge in [-0.1, -0.05) is 42.0 Å². The van der Waals surface area contributed by atoms with Crippen molar-refractivity contribution < 1.29 is 13.9 Å². The van der Waals surface area contributed by atoms with Gasteiger partial charge < -0.3 is 19.0 Å². The molecule has 7 nitrogen and oxygen atoms in total. The van der Waals surface area contributed by atoms with Gasteiger partial charge in [-0.05, 0) is 51.7 Å². The van der Waals surface area contributed by atoms with E-state index in [-0.39, 0.29) is 11.8 Å². The molecule has 1 fully saturated rings. The summed E-state index contributed by atoms with van der Waals surface area (Å²) >= 11 is 0. The van der Waals surface area contributed by atoms with Crippen molar-refractivity contribution in [3.05, 3.63) is 88.8 Å². The number of benzene rings is 1. The van der Waals surface area contributed by atoms with Crippen molar-refractivity contribution in [3.63, 3.8) is 0 Å². The lowest BCUT2D eigenvalue weighted by atomic mass is 9.95. The van der Waals surface area contributed by atoms with Crippen LogP contribution in [0.4, 0.5) is 0 Å². The molecule has 6 rings (SSSR count). The number of furan rings is 1. The molecular formula is C29H29N4O3+. The lowest BCUT2D eigenvalue weighted by Gasteiger charge is -2.32. The fraction of sp³-hybridized carbons (Fsp3) is 0.310. The van der Waals surface area contributed by atoms with Gasteiger partial charge in [-0.25, -0.2) is 4.98 Å². The molecule has 0 bridgehead atoms. The Hall–Kier alpha value is -4.09. The van der Waals surface area contributed by atoms with Crippen LogP contribution in [-0.4, -0.2) is 39.1 Å². The van der Waals surface area contributed by atoms with Crippen LogP contribution in [0.25, 0.3) is 11.0 Å². The quantitative estimate of drug-likeness (QED) is 0.402. The van der Waals surface area contributed by atoms with E-state index in [4.69, 9.17) is 9.15 Å². The maximum absolute atomic E-state index is 13.7. The minimum absolute atomic E-state index is 0.105. The first-order chi connectivity index (χ1) is 17.6. The van der Waals surface area contributed by atoms with Gasteiger partial charge in [0.2, 0.25) is 0 Å². The molecule has 1 N–H and O–H groups in total. The minimum Gasteiger partial charge on any atom is -0.458 e. The third-order valence-electron chi connectivity index (χ3n) is 7.20. The van der Waals surface area contributed by atoms with Crippen molar-refractivity contribution in [1.29, 1.82) is 0 Å². The number of allylic oxidation sites excluding steroid dienone is 4. The van der Waals surface area contributed by atoms with Gasteiger partial charge >= 0.3 is 17.7 Å². The first-order valence-electron chi connectivity index (χ1n) is 12.5. The van der Waals surface area contributed by atoms with Gasteiger partial charge in [0.1, 0.15) is 23.0 Å². The molecule has 4 heterocycles. The summed E-state index contributed by atoms with van der Waals surface area (Å²) in [6, 6.07) is 7.70. The Bertz CT molecular complexity index is 1520. The maximum atomic E-state index is 13.7. The van der Waals surface area contributed by atoms with Gasteiger partial charge in [0.25, 0.3) is 0 Å². The van der Waals surface area contributed by atoms with Crippen molar-refractivity contribution in [1.82, 2.24) is 19.5 Å². The highest BCUT2D eigenvalue weighted by molar-refractivity contribution is 6.40. The van der Waals surface area contributed by atoms with Crippen LogP contribution in [0.5, 0.6) is 0 Å². The number of rotatable bonds is 6. The number of hydrogen-bond donors (Lipinski definition) is 1. The van der Waals surface area contributed by atoms with Crippen LogP contribution >= 0.6 is 0 Å². The highest BCUT2D eigenvalue weighted by Gasteiger charge is 2.49. The number of para-hydroxylation sites is 1. The van der Waals surface area contributed by atoms with E-state index in [1.54, 1.807) is 11.2 Å². The zero-order valence-corrected chi connectivity index (χ0v) is 20.7. The number of imidazole rings is 1. The van der Waals surface area contributed by atoms with Crippen LogP contribution in [0.2, 0.25) is 0 Å². The van der Waals surface area contributed by atoms with Gasteiger partial charge in [-0.2, -0.15) is 0 Å². The molecular weight excluding hydrogens is 452 g/mol. The normalized spacial score (nSPS) is 20.2. The van der Waals surface area contributed by atoms with Crippen LogP contribution < -0.4 is 4.67 Å². The first kappa shape index (κ1) is 22.4. The average molecular weight is 482 g/mol. The van der Waals surface area contributed by atoms with E-state index in [9.17, 15) is 4.79 Å². The average Bonchev–Trinajstić information content (AvgIpc) is 3.46. The minimum atomic E-state index is -0.427. The number of aromatic nitrogens is 2. The number of amides is 1. The summed E-state index contributed by atoms with van der Waals surface area (Å²) in [7, 11) is 0. The van der Waals surface area contributed by atoms with Crippen molar-refractivity contribution in [2.24, 2.45) is 0 Å². The number of H-pyrrole nitrogens is 1. The molecule has 1 unspecified atom stereocenters. The zero-order chi connectivity index (χ0) is 24.8. The fourth-order valence-corrected chi connectivity index (χ4v) is 4.98. The third-order valence-corrected chi connectivity index (χ3v) is 7.20. The third kappa shape index (κ3) is 3.73. The molecule has 1 aliphatic carbocycles. The molecule has 2 aliphatic heterocycles. The van der Waals surface area contributed by atoms with Crippen LogP contribution in [0.15, 0.2) is 70.5 Å². The predicted molar refractivity (Wildman–Crippen MR) is 140 cm³/mol. The lowest BCUT2D eigenvalue weighted by molar-refractivity contribution is -0.127. The number of nitrogens with one attached hydrogen (secondary N) is 1. The highest BCUT2D eigenvalue weighted by Crippen LogP contribution is 2.50. The van der Waals surface area contributed by atoms with Crippen molar-refractivity contribution in [3.8, 4) is 0 Å². The van der Waals surface area contributed by atoms with E-state index in [0.717, 1.165) is 52.1 Å². The molecule has 182 valence electrons. The van der Waals surface area contributed by atoms with Crippen molar-refractivity contribution in [2.45, 2.75) is 52.0 Å². The van der Waals surface area contributed by atoms with Gasteiger partial charge in [-0.3, -0.25) is 4.79 Å². The Balaban J connectivity index is 1.39. The second-order valence-electron chi connectivity index (χ2n) is 9.50. The molecule has 3 aromatic rings. The number of nitrogens with zero attached hydrogens (tertiary/aromatic N) is 3. The molecule has 3 aliphatic rings. The first-order valence-corrected chi connectivity index (χ1v) is 12.5. The van der Waals surface area contributed by atoms with E-state index in [0.29, 0.717) is 24.8 Å². The molecule has 36 heavy (non-hydrogen) atoms. The molecule has 0 radical (unpaired) electrons. The molecule has 1 aromatic carbocycles. The van der Waals surface area contributed by atoms with E-state index < -0.39 is 6.04 Å². The molecule has 2 aromatic heterocycles.